The van der Waals surface area contributed by atoms with Gasteiger partial charge in [-0.15, -0.1) is 11.8 Å². The predicted molar refractivity (Wildman–Crippen MR) is 147 cm³/mol. The molecule has 0 aliphatic heterocycles. The average molecular weight is 513 g/mol. The Morgan fingerprint density at radius 2 is 1.68 bits per heavy atom. The molecule has 1 amide bonds. The molecular formula is C31H29FN2O2S. The summed E-state index contributed by atoms with van der Waals surface area (Å²) in [7, 11) is 0. The number of carbonyl (C=O) groups excluding carboxylic acids is 1. The van der Waals surface area contributed by atoms with Gasteiger partial charge in [0.15, 0.2) is 0 Å². The molecule has 4 aromatic rings. The SMILES string of the molecule is O=C(N[C@@H]1c2cc(CNCCSc3ccccc3)ccc2C[C@H]1O)c1ccc(-c2ccccc2)cc1F. The molecule has 0 heterocycles. The van der Waals surface area contributed by atoms with Crippen molar-refractivity contribution in [1.82, 2.24) is 10.6 Å². The van der Waals surface area contributed by atoms with Gasteiger partial charge in [0.25, 0.3) is 5.91 Å². The second-order valence-corrected chi connectivity index (χ2v) is 10.3. The van der Waals surface area contributed by atoms with Crippen LogP contribution >= 0.6 is 11.8 Å². The Kier molecular flexibility index (Phi) is 7.99. The Morgan fingerprint density at radius 1 is 0.919 bits per heavy atom. The molecule has 5 rings (SSSR count). The molecule has 0 saturated carbocycles. The van der Waals surface area contributed by atoms with Crippen LogP contribution in [0.4, 0.5) is 4.39 Å². The van der Waals surface area contributed by atoms with E-state index in [1.807, 2.05) is 72.4 Å². The molecular weight excluding hydrogens is 483 g/mol. The third kappa shape index (κ3) is 6.10. The van der Waals surface area contributed by atoms with Crippen molar-refractivity contribution >= 4 is 17.7 Å². The van der Waals surface area contributed by atoms with E-state index in [1.165, 1.54) is 17.0 Å². The van der Waals surface area contributed by atoms with E-state index in [-0.39, 0.29) is 5.56 Å². The van der Waals surface area contributed by atoms with E-state index in [4.69, 9.17) is 0 Å². The third-order valence-corrected chi connectivity index (χ3v) is 7.60. The number of hydrogen-bond acceptors (Lipinski definition) is 4. The zero-order valence-electron chi connectivity index (χ0n) is 20.4. The van der Waals surface area contributed by atoms with E-state index in [0.717, 1.165) is 34.6 Å². The molecule has 1 aliphatic rings. The molecule has 1 aliphatic carbocycles. The molecule has 4 aromatic carbocycles. The quantitative estimate of drug-likeness (QED) is 0.197. The zero-order valence-corrected chi connectivity index (χ0v) is 21.2. The van der Waals surface area contributed by atoms with Gasteiger partial charge < -0.3 is 15.7 Å². The lowest BCUT2D eigenvalue weighted by Crippen LogP contribution is -2.34. The summed E-state index contributed by atoms with van der Waals surface area (Å²) >= 11 is 1.81. The van der Waals surface area contributed by atoms with Gasteiger partial charge in [-0.05, 0) is 52.1 Å². The maximum absolute atomic E-state index is 14.9. The minimum absolute atomic E-state index is 0.0333. The van der Waals surface area contributed by atoms with Crippen LogP contribution in [0.25, 0.3) is 11.1 Å². The Bertz CT molecular complexity index is 1360. The highest BCUT2D eigenvalue weighted by Gasteiger charge is 2.33. The molecule has 2 atom stereocenters. The first-order valence-corrected chi connectivity index (χ1v) is 13.4. The molecule has 37 heavy (non-hydrogen) atoms. The number of hydrogen-bond donors (Lipinski definition) is 3. The lowest BCUT2D eigenvalue weighted by atomic mass is 10.0. The van der Waals surface area contributed by atoms with Crippen molar-refractivity contribution in [2.24, 2.45) is 0 Å². The number of benzene rings is 4. The van der Waals surface area contributed by atoms with Crippen molar-refractivity contribution in [3.05, 3.63) is 125 Å². The first-order chi connectivity index (χ1) is 18.1. The molecule has 0 fully saturated rings. The molecule has 0 radical (unpaired) electrons. The summed E-state index contributed by atoms with van der Waals surface area (Å²) in [5.41, 5.74) is 4.53. The third-order valence-electron chi connectivity index (χ3n) is 6.59. The maximum Gasteiger partial charge on any atom is 0.254 e. The van der Waals surface area contributed by atoms with E-state index >= 15 is 0 Å². The van der Waals surface area contributed by atoms with Gasteiger partial charge in [-0.3, -0.25) is 4.79 Å². The number of amides is 1. The minimum Gasteiger partial charge on any atom is -0.390 e. The fourth-order valence-corrected chi connectivity index (χ4v) is 5.50. The smallest absolute Gasteiger partial charge is 0.254 e. The average Bonchev–Trinajstić information content (AvgIpc) is 3.23. The fraction of sp³-hybridized carbons (Fsp3) is 0.194. The maximum atomic E-state index is 14.9. The van der Waals surface area contributed by atoms with Crippen LogP contribution in [0.15, 0.2) is 102 Å². The monoisotopic (exact) mass is 512 g/mol. The van der Waals surface area contributed by atoms with Crippen molar-refractivity contribution in [3.63, 3.8) is 0 Å². The number of nitrogens with one attached hydrogen (secondary N) is 2. The molecule has 3 N–H and O–H groups in total. The normalized spacial score (nSPS) is 16.4. The van der Waals surface area contributed by atoms with E-state index in [1.54, 1.807) is 6.07 Å². The van der Waals surface area contributed by atoms with Crippen LogP contribution in [-0.2, 0) is 13.0 Å². The number of aliphatic hydroxyl groups excluding tert-OH is 1. The molecule has 6 heteroatoms. The van der Waals surface area contributed by atoms with Gasteiger partial charge in [0.1, 0.15) is 5.82 Å². The molecule has 0 spiro atoms. The van der Waals surface area contributed by atoms with Crippen molar-refractivity contribution in [3.8, 4) is 11.1 Å². The van der Waals surface area contributed by atoms with Crippen molar-refractivity contribution in [2.45, 2.75) is 30.0 Å². The van der Waals surface area contributed by atoms with E-state index in [9.17, 15) is 14.3 Å². The fourth-order valence-electron chi connectivity index (χ4n) is 4.67. The largest absolute Gasteiger partial charge is 0.390 e. The summed E-state index contributed by atoms with van der Waals surface area (Å²) in [6.07, 6.45) is -0.298. The second kappa shape index (κ2) is 11.7. The molecule has 0 bridgehead atoms. The van der Waals surface area contributed by atoms with Gasteiger partial charge in [-0.1, -0.05) is 72.8 Å². The van der Waals surface area contributed by atoms with E-state index in [2.05, 4.69) is 28.8 Å². The van der Waals surface area contributed by atoms with Crippen LogP contribution in [0, 0.1) is 5.82 Å². The minimum atomic E-state index is -0.754. The van der Waals surface area contributed by atoms with Gasteiger partial charge in [0.05, 0.1) is 17.7 Å². The summed E-state index contributed by atoms with van der Waals surface area (Å²) in [5, 5.41) is 17.0. The summed E-state index contributed by atoms with van der Waals surface area (Å²) in [4.78, 5) is 14.2. The van der Waals surface area contributed by atoms with Gasteiger partial charge >= 0.3 is 0 Å². The zero-order chi connectivity index (χ0) is 25.6. The Balaban J connectivity index is 1.21. The van der Waals surface area contributed by atoms with E-state index in [0.29, 0.717) is 18.5 Å². The van der Waals surface area contributed by atoms with Crippen LogP contribution < -0.4 is 10.6 Å². The molecule has 4 nitrogen and oxygen atoms in total. The first kappa shape index (κ1) is 25.2. The van der Waals surface area contributed by atoms with Crippen molar-refractivity contribution in [2.75, 3.05) is 12.3 Å². The van der Waals surface area contributed by atoms with E-state index < -0.39 is 23.9 Å². The number of thioether (sulfide) groups is 1. The summed E-state index contributed by atoms with van der Waals surface area (Å²) < 4.78 is 14.9. The van der Waals surface area contributed by atoms with Crippen LogP contribution in [0.5, 0.6) is 0 Å². The summed E-state index contributed by atoms with van der Waals surface area (Å²) in [5.74, 6) is -0.158. The van der Waals surface area contributed by atoms with Crippen LogP contribution in [0.2, 0.25) is 0 Å². The van der Waals surface area contributed by atoms with Crippen LogP contribution in [0.1, 0.15) is 33.1 Å². The van der Waals surface area contributed by atoms with Crippen LogP contribution in [-0.4, -0.2) is 29.4 Å². The Morgan fingerprint density at radius 3 is 2.43 bits per heavy atom. The van der Waals surface area contributed by atoms with Crippen molar-refractivity contribution < 1.29 is 14.3 Å². The predicted octanol–water partition coefficient (Wildman–Crippen LogP) is 5.76. The molecule has 0 unspecified atom stereocenters. The number of fused-ring (bicyclic) bond motifs is 1. The molecule has 0 aromatic heterocycles. The standard InChI is InChI=1S/C31H29FN2O2S/c32-28-18-23(22-7-3-1-4-8-22)13-14-26(28)31(36)34-30-27-17-21(11-12-24(27)19-29(30)35)20-33-15-16-37-25-9-5-2-6-10-25/h1-14,17-18,29-30,33,35H,15-16,19-20H2,(H,34,36)/t29-,30-/m1/s1. The van der Waals surface area contributed by atoms with Crippen molar-refractivity contribution in [1.29, 1.82) is 0 Å². The molecule has 0 saturated heterocycles. The summed E-state index contributed by atoms with van der Waals surface area (Å²) in [6.45, 7) is 1.55. The van der Waals surface area contributed by atoms with Gasteiger partial charge in [0, 0.05) is 30.2 Å². The summed E-state index contributed by atoms with van der Waals surface area (Å²) in [6, 6.07) is 29.9. The number of aliphatic hydroxyl groups is 1. The van der Waals surface area contributed by atoms with Gasteiger partial charge in [-0.25, -0.2) is 4.39 Å². The van der Waals surface area contributed by atoms with Gasteiger partial charge in [0.2, 0.25) is 0 Å². The first-order valence-electron chi connectivity index (χ1n) is 12.4. The number of halogens is 1. The number of rotatable bonds is 9. The lowest BCUT2D eigenvalue weighted by Gasteiger charge is -2.19. The lowest BCUT2D eigenvalue weighted by molar-refractivity contribution is 0.0854. The Hall–Kier alpha value is -3.45. The highest BCUT2D eigenvalue weighted by molar-refractivity contribution is 7.99. The Labute approximate surface area is 220 Å². The molecule has 188 valence electrons. The van der Waals surface area contributed by atoms with Gasteiger partial charge in [-0.2, -0.15) is 0 Å². The van der Waals surface area contributed by atoms with Crippen LogP contribution in [0.3, 0.4) is 0 Å². The highest BCUT2D eigenvalue weighted by Crippen LogP contribution is 2.33. The highest BCUT2D eigenvalue weighted by atomic mass is 32.2. The number of carbonyl (C=O) groups is 1. The second-order valence-electron chi connectivity index (χ2n) is 9.15. The topological polar surface area (TPSA) is 61.4 Å².